The Kier molecular flexibility index (Phi) is 5.73. The van der Waals surface area contributed by atoms with Crippen LogP contribution in [0.2, 0.25) is 0 Å². The Morgan fingerprint density at radius 1 is 1.47 bits per heavy atom. The summed E-state index contributed by atoms with van der Waals surface area (Å²) in [6.07, 6.45) is 9.33. The lowest BCUT2D eigenvalue weighted by Gasteiger charge is -2.09. The van der Waals surface area contributed by atoms with E-state index in [4.69, 9.17) is 10.2 Å². The fourth-order valence-corrected chi connectivity index (χ4v) is 2.09. The fourth-order valence-electron chi connectivity index (χ4n) is 1.56. The topological polar surface area (TPSA) is 39.2 Å². The van der Waals surface area contributed by atoms with Gasteiger partial charge in [0.05, 0.1) is 6.26 Å². The van der Waals surface area contributed by atoms with Crippen molar-refractivity contribution in [3.63, 3.8) is 0 Å². The van der Waals surface area contributed by atoms with Gasteiger partial charge >= 0.3 is 0 Å². The largest absolute Gasteiger partial charge is 0.457 e. The number of hydrogen-bond acceptors (Lipinski definition) is 2. The van der Waals surface area contributed by atoms with Crippen LogP contribution in [0.3, 0.4) is 0 Å². The van der Waals surface area contributed by atoms with Crippen LogP contribution < -0.4 is 5.73 Å². The maximum Gasteiger partial charge on any atom is 0.173 e. The van der Waals surface area contributed by atoms with Crippen molar-refractivity contribution in [3.05, 3.63) is 35.2 Å². The number of nitrogens with two attached hydrogens (primary N) is 1. The van der Waals surface area contributed by atoms with Gasteiger partial charge in [0.2, 0.25) is 0 Å². The van der Waals surface area contributed by atoms with E-state index >= 15 is 0 Å². The molecule has 0 bridgehead atoms. The zero-order chi connectivity index (χ0) is 11.1. The molecule has 1 aromatic heterocycles. The Morgan fingerprint density at radius 3 is 2.87 bits per heavy atom. The average molecular weight is 272 g/mol. The number of unbranched alkanes of at least 4 members (excludes halogenated alkanes) is 3. The highest BCUT2D eigenvalue weighted by Gasteiger charge is 2.11. The Bertz CT molecular complexity index is 296. The molecule has 0 aliphatic carbocycles. The molecular weight excluding hydrogens is 254 g/mol. The van der Waals surface area contributed by atoms with Crippen molar-refractivity contribution >= 4 is 15.9 Å². The van der Waals surface area contributed by atoms with E-state index in [1.165, 1.54) is 12.8 Å². The molecule has 0 aromatic carbocycles. The zero-order valence-corrected chi connectivity index (χ0v) is 10.5. The number of halogens is 1. The molecule has 1 rings (SSSR count). The van der Waals surface area contributed by atoms with E-state index < -0.39 is 0 Å². The van der Waals surface area contributed by atoms with Gasteiger partial charge in [-0.05, 0) is 41.3 Å². The monoisotopic (exact) mass is 271 g/mol. The predicted molar refractivity (Wildman–Crippen MR) is 66.6 cm³/mol. The Labute approximate surface area is 99.7 Å². The van der Waals surface area contributed by atoms with Gasteiger partial charge in [0.25, 0.3) is 0 Å². The van der Waals surface area contributed by atoms with Crippen LogP contribution in [0.25, 0.3) is 0 Å². The minimum absolute atomic E-state index is 0.0851. The quantitative estimate of drug-likeness (QED) is 0.597. The second kappa shape index (κ2) is 6.85. The molecule has 1 atom stereocenters. The van der Waals surface area contributed by atoms with Crippen molar-refractivity contribution in [2.45, 2.75) is 38.1 Å². The number of hydrogen-bond donors (Lipinski definition) is 1. The summed E-state index contributed by atoms with van der Waals surface area (Å²) in [5.74, 6) is 0. The maximum atomic E-state index is 6.04. The van der Waals surface area contributed by atoms with Crippen LogP contribution >= 0.6 is 15.9 Å². The summed E-state index contributed by atoms with van der Waals surface area (Å²) in [5, 5.41) is 0. The molecule has 2 nitrogen and oxygen atoms in total. The average Bonchev–Trinajstić information content (AvgIpc) is 2.64. The van der Waals surface area contributed by atoms with E-state index in [1.54, 1.807) is 6.26 Å². The lowest BCUT2D eigenvalue weighted by Crippen LogP contribution is -2.09. The van der Waals surface area contributed by atoms with Crippen LogP contribution in [0.1, 0.15) is 43.7 Å². The van der Waals surface area contributed by atoms with E-state index in [0.29, 0.717) is 0 Å². The standard InChI is InChI=1S/C12H18BrNO/c1-2-3-4-5-6-7-11(14)10-8-9-15-12(10)13/h2,8-9,11H,1,3-7,14H2. The Morgan fingerprint density at radius 2 is 2.27 bits per heavy atom. The highest BCUT2D eigenvalue weighted by atomic mass is 79.9. The zero-order valence-electron chi connectivity index (χ0n) is 8.92. The number of furan rings is 1. The molecule has 3 heteroatoms. The molecule has 15 heavy (non-hydrogen) atoms. The van der Waals surface area contributed by atoms with E-state index in [0.717, 1.165) is 29.5 Å². The van der Waals surface area contributed by atoms with Crippen LogP contribution in [-0.2, 0) is 0 Å². The molecule has 0 aliphatic heterocycles. The van der Waals surface area contributed by atoms with Crippen LogP contribution in [-0.4, -0.2) is 0 Å². The van der Waals surface area contributed by atoms with Gasteiger partial charge < -0.3 is 10.2 Å². The number of allylic oxidation sites excluding steroid dienone is 1. The molecule has 0 radical (unpaired) electrons. The van der Waals surface area contributed by atoms with Crippen LogP contribution in [0.4, 0.5) is 0 Å². The van der Waals surface area contributed by atoms with Gasteiger partial charge in [-0.25, -0.2) is 0 Å². The lowest BCUT2D eigenvalue weighted by atomic mass is 10.0. The van der Waals surface area contributed by atoms with E-state index in [9.17, 15) is 0 Å². The Hall–Kier alpha value is -0.540. The molecule has 2 N–H and O–H groups in total. The third-order valence-electron chi connectivity index (χ3n) is 2.47. The fraction of sp³-hybridized carbons (Fsp3) is 0.500. The van der Waals surface area contributed by atoms with Gasteiger partial charge in [-0.3, -0.25) is 0 Å². The molecule has 0 aliphatic rings. The highest BCUT2D eigenvalue weighted by Crippen LogP contribution is 2.26. The van der Waals surface area contributed by atoms with Crippen LogP contribution in [0.15, 0.2) is 34.1 Å². The first kappa shape index (κ1) is 12.5. The molecule has 0 amide bonds. The summed E-state index contributed by atoms with van der Waals surface area (Å²) in [5.41, 5.74) is 7.11. The molecule has 0 saturated carbocycles. The normalized spacial score (nSPS) is 12.7. The van der Waals surface area contributed by atoms with Gasteiger partial charge in [0.15, 0.2) is 4.67 Å². The van der Waals surface area contributed by atoms with Crippen molar-refractivity contribution in [3.8, 4) is 0 Å². The molecule has 1 heterocycles. The molecular formula is C12H18BrNO. The van der Waals surface area contributed by atoms with E-state index in [1.807, 2.05) is 12.1 Å². The second-order valence-electron chi connectivity index (χ2n) is 3.68. The first-order valence-corrected chi connectivity index (χ1v) is 6.14. The molecule has 1 aromatic rings. The summed E-state index contributed by atoms with van der Waals surface area (Å²) < 4.78 is 5.92. The second-order valence-corrected chi connectivity index (χ2v) is 4.40. The summed E-state index contributed by atoms with van der Waals surface area (Å²) >= 11 is 3.34. The number of rotatable bonds is 7. The summed E-state index contributed by atoms with van der Waals surface area (Å²) in [7, 11) is 0. The van der Waals surface area contributed by atoms with Crippen molar-refractivity contribution in [2.75, 3.05) is 0 Å². The predicted octanol–water partition coefficient (Wildman–Crippen LogP) is 4.18. The molecule has 1 unspecified atom stereocenters. The highest BCUT2D eigenvalue weighted by molar-refractivity contribution is 9.10. The van der Waals surface area contributed by atoms with Gasteiger partial charge in [0.1, 0.15) is 0 Å². The SMILES string of the molecule is C=CCCCCCC(N)c1ccoc1Br. The van der Waals surface area contributed by atoms with Gasteiger partial charge in [-0.15, -0.1) is 6.58 Å². The molecule has 0 spiro atoms. The third kappa shape index (κ3) is 4.22. The van der Waals surface area contributed by atoms with Crippen LogP contribution in [0.5, 0.6) is 0 Å². The van der Waals surface area contributed by atoms with Gasteiger partial charge in [0, 0.05) is 11.6 Å². The maximum absolute atomic E-state index is 6.04. The molecule has 84 valence electrons. The molecule has 0 saturated heterocycles. The minimum atomic E-state index is 0.0851. The van der Waals surface area contributed by atoms with Crippen LogP contribution in [0, 0.1) is 0 Å². The smallest absolute Gasteiger partial charge is 0.173 e. The van der Waals surface area contributed by atoms with Crippen molar-refractivity contribution < 1.29 is 4.42 Å². The summed E-state index contributed by atoms with van der Waals surface area (Å²) in [6, 6.07) is 2.01. The summed E-state index contributed by atoms with van der Waals surface area (Å²) in [6.45, 7) is 3.70. The first-order chi connectivity index (χ1) is 7.25. The minimum Gasteiger partial charge on any atom is -0.457 e. The molecule has 0 fully saturated rings. The van der Waals surface area contributed by atoms with Crippen molar-refractivity contribution in [2.24, 2.45) is 5.73 Å². The Balaban J connectivity index is 2.22. The lowest BCUT2D eigenvalue weighted by molar-refractivity contribution is 0.520. The first-order valence-electron chi connectivity index (χ1n) is 5.35. The van der Waals surface area contributed by atoms with Gasteiger partial charge in [-0.2, -0.15) is 0 Å². The van der Waals surface area contributed by atoms with Gasteiger partial charge in [-0.1, -0.05) is 18.9 Å². The van der Waals surface area contributed by atoms with Crippen molar-refractivity contribution in [1.82, 2.24) is 0 Å². The van der Waals surface area contributed by atoms with Crippen molar-refractivity contribution in [1.29, 1.82) is 0 Å². The van der Waals surface area contributed by atoms with E-state index in [2.05, 4.69) is 22.5 Å². The van der Waals surface area contributed by atoms with E-state index in [-0.39, 0.29) is 6.04 Å². The third-order valence-corrected chi connectivity index (χ3v) is 3.11. The summed E-state index contributed by atoms with van der Waals surface area (Å²) in [4.78, 5) is 0.